The summed E-state index contributed by atoms with van der Waals surface area (Å²) in [6.07, 6.45) is 0.889. The summed E-state index contributed by atoms with van der Waals surface area (Å²) in [4.78, 5) is 24.4. The number of carboxylic acid groups (broad SMARTS) is 1. The van der Waals surface area contributed by atoms with Crippen molar-refractivity contribution in [2.45, 2.75) is 0 Å². The van der Waals surface area contributed by atoms with E-state index in [1.54, 1.807) is 0 Å². The Morgan fingerprint density at radius 1 is 1.43 bits per heavy atom. The molecule has 1 N–H and O–H groups in total. The maximum absolute atomic E-state index is 13.6. The first-order valence-electron chi connectivity index (χ1n) is 5.39. The number of ether oxygens (including phenoxy) is 1. The Morgan fingerprint density at radius 2 is 2.14 bits per heavy atom. The summed E-state index contributed by atoms with van der Waals surface area (Å²) in [6.45, 7) is 0. The van der Waals surface area contributed by atoms with Crippen molar-refractivity contribution in [1.29, 1.82) is 0 Å². The van der Waals surface area contributed by atoms with E-state index in [9.17, 15) is 19.3 Å². The molecule has 108 valence electrons. The summed E-state index contributed by atoms with van der Waals surface area (Å²) in [5.41, 5.74) is -1.04. The monoisotopic (exact) mass is 356 g/mol. The van der Waals surface area contributed by atoms with Crippen molar-refractivity contribution in [3.05, 3.63) is 56.4 Å². The van der Waals surface area contributed by atoms with Gasteiger partial charge in [-0.05, 0) is 18.2 Å². The fraction of sp³-hybridized carbons (Fsp3) is 0. The first-order valence-corrected chi connectivity index (χ1v) is 6.18. The molecule has 0 aliphatic rings. The minimum atomic E-state index is -1.37. The second-order valence-corrected chi connectivity index (χ2v) is 4.70. The molecule has 9 heteroatoms. The van der Waals surface area contributed by atoms with Crippen LogP contribution in [0.5, 0.6) is 11.6 Å². The van der Waals surface area contributed by atoms with Crippen molar-refractivity contribution in [3.63, 3.8) is 0 Å². The van der Waals surface area contributed by atoms with Gasteiger partial charge in [0.2, 0.25) is 0 Å². The van der Waals surface area contributed by atoms with Crippen LogP contribution in [0.15, 0.2) is 34.9 Å². The molecule has 0 fully saturated rings. The summed E-state index contributed by atoms with van der Waals surface area (Å²) in [5.74, 6) is -2.88. The molecule has 1 aromatic heterocycles. The number of carbonyl (C=O) groups is 1. The number of benzene rings is 1. The van der Waals surface area contributed by atoms with E-state index in [4.69, 9.17) is 9.84 Å². The fourth-order valence-corrected chi connectivity index (χ4v) is 1.77. The number of carboxylic acids is 1. The van der Waals surface area contributed by atoms with Crippen LogP contribution in [0.1, 0.15) is 10.4 Å². The predicted octanol–water partition coefficient (Wildman–Crippen LogP) is 3.38. The van der Waals surface area contributed by atoms with Crippen LogP contribution < -0.4 is 4.74 Å². The molecule has 0 aliphatic heterocycles. The summed E-state index contributed by atoms with van der Waals surface area (Å²) in [5, 5.41) is 19.7. The topological polar surface area (TPSA) is 103 Å². The second-order valence-electron chi connectivity index (χ2n) is 3.79. The molecule has 2 aromatic rings. The van der Waals surface area contributed by atoms with Crippen LogP contribution in [0, 0.1) is 15.9 Å². The number of halogens is 2. The van der Waals surface area contributed by atoms with E-state index >= 15 is 0 Å². The third-order valence-electron chi connectivity index (χ3n) is 2.38. The molecule has 0 saturated carbocycles. The Morgan fingerprint density at radius 3 is 2.76 bits per heavy atom. The van der Waals surface area contributed by atoms with Crippen molar-refractivity contribution < 1.29 is 24.0 Å². The maximum atomic E-state index is 13.6. The van der Waals surface area contributed by atoms with E-state index in [0.717, 1.165) is 18.3 Å². The first kappa shape index (κ1) is 14.9. The molecule has 0 unspecified atom stereocenters. The second kappa shape index (κ2) is 5.83. The molecule has 0 spiro atoms. The first-order chi connectivity index (χ1) is 9.88. The summed E-state index contributed by atoms with van der Waals surface area (Å²) < 4.78 is 19.1. The van der Waals surface area contributed by atoms with Crippen molar-refractivity contribution in [3.8, 4) is 11.6 Å². The minimum absolute atomic E-state index is 0.275. The van der Waals surface area contributed by atoms with Gasteiger partial charge in [0.25, 0.3) is 5.88 Å². The molecule has 0 bridgehead atoms. The van der Waals surface area contributed by atoms with E-state index in [1.807, 2.05) is 0 Å². The van der Waals surface area contributed by atoms with Crippen LogP contribution in [-0.4, -0.2) is 21.0 Å². The molecule has 21 heavy (non-hydrogen) atoms. The molecular weight excluding hydrogens is 351 g/mol. The van der Waals surface area contributed by atoms with E-state index in [1.165, 1.54) is 12.1 Å². The third-order valence-corrected chi connectivity index (χ3v) is 2.87. The fourth-order valence-electron chi connectivity index (χ4n) is 1.43. The third kappa shape index (κ3) is 3.31. The van der Waals surface area contributed by atoms with Crippen molar-refractivity contribution in [2.75, 3.05) is 0 Å². The number of hydrogen-bond acceptors (Lipinski definition) is 5. The van der Waals surface area contributed by atoms with Gasteiger partial charge in [-0.2, -0.15) is 0 Å². The maximum Gasteiger partial charge on any atom is 0.337 e. The zero-order valence-electron chi connectivity index (χ0n) is 10.1. The van der Waals surface area contributed by atoms with Crippen LogP contribution in [0.2, 0.25) is 0 Å². The molecule has 0 atom stereocenters. The molecule has 2 rings (SSSR count). The molecule has 0 radical (unpaired) electrons. The van der Waals surface area contributed by atoms with Crippen molar-refractivity contribution in [2.24, 2.45) is 0 Å². The van der Waals surface area contributed by atoms with E-state index in [2.05, 4.69) is 20.9 Å². The Balaban J connectivity index is 2.46. The highest BCUT2D eigenvalue weighted by Gasteiger charge is 2.22. The summed E-state index contributed by atoms with van der Waals surface area (Å²) in [7, 11) is 0. The standard InChI is InChI=1S/C12H6BrFN2O5/c13-7-1-2-8(14)10(4-7)21-11-9(16(19)20)3-6(5-15-11)12(17)18/h1-5H,(H,17,18). The zero-order chi connectivity index (χ0) is 15.6. The number of aromatic nitrogens is 1. The number of nitrogens with zero attached hydrogens (tertiary/aromatic N) is 2. The van der Waals surface area contributed by atoms with Gasteiger partial charge in [-0.25, -0.2) is 14.2 Å². The molecule has 7 nitrogen and oxygen atoms in total. The molecule has 1 aromatic carbocycles. The van der Waals surface area contributed by atoms with Crippen LogP contribution in [0.25, 0.3) is 0 Å². The molecule has 0 saturated heterocycles. The lowest BCUT2D eigenvalue weighted by molar-refractivity contribution is -0.386. The number of nitro groups is 1. The Hall–Kier alpha value is -2.55. The molecule has 0 aliphatic carbocycles. The lowest BCUT2D eigenvalue weighted by Crippen LogP contribution is -2.02. The van der Waals surface area contributed by atoms with E-state index < -0.39 is 28.3 Å². The molecule has 0 amide bonds. The average Bonchev–Trinajstić information content (AvgIpc) is 2.42. The lowest BCUT2D eigenvalue weighted by Gasteiger charge is -2.07. The molecular formula is C12H6BrFN2O5. The molecule has 1 heterocycles. The minimum Gasteiger partial charge on any atom is -0.478 e. The summed E-state index contributed by atoms with van der Waals surface area (Å²) >= 11 is 3.11. The van der Waals surface area contributed by atoms with Gasteiger partial charge in [0.1, 0.15) is 0 Å². The van der Waals surface area contributed by atoms with Gasteiger partial charge in [0.15, 0.2) is 11.6 Å². The van der Waals surface area contributed by atoms with Crippen LogP contribution in [0.4, 0.5) is 10.1 Å². The Kier molecular flexibility index (Phi) is 4.13. The average molecular weight is 357 g/mol. The van der Waals surface area contributed by atoms with Gasteiger partial charge in [0.05, 0.1) is 10.5 Å². The number of aromatic carboxylic acids is 1. The normalized spacial score (nSPS) is 10.2. The highest BCUT2D eigenvalue weighted by atomic mass is 79.9. The van der Waals surface area contributed by atoms with Gasteiger partial charge < -0.3 is 9.84 Å². The largest absolute Gasteiger partial charge is 0.478 e. The summed E-state index contributed by atoms with van der Waals surface area (Å²) in [6, 6.07) is 4.60. The zero-order valence-corrected chi connectivity index (χ0v) is 11.7. The quantitative estimate of drug-likeness (QED) is 0.665. The van der Waals surface area contributed by atoms with Gasteiger partial charge in [0, 0.05) is 16.7 Å². The van der Waals surface area contributed by atoms with Crippen molar-refractivity contribution >= 4 is 27.6 Å². The number of pyridine rings is 1. The van der Waals surface area contributed by atoms with Crippen LogP contribution >= 0.6 is 15.9 Å². The Labute approximate surface area is 125 Å². The lowest BCUT2D eigenvalue weighted by atomic mass is 10.2. The van der Waals surface area contributed by atoms with Gasteiger partial charge in [-0.1, -0.05) is 15.9 Å². The smallest absolute Gasteiger partial charge is 0.337 e. The van der Waals surface area contributed by atoms with Crippen LogP contribution in [-0.2, 0) is 0 Å². The number of hydrogen-bond donors (Lipinski definition) is 1. The van der Waals surface area contributed by atoms with Gasteiger partial charge in [-0.3, -0.25) is 10.1 Å². The highest BCUT2D eigenvalue weighted by molar-refractivity contribution is 9.10. The Bertz CT molecular complexity index is 738. The van der Waals surface area contributed by atoms with Crippen molar-refractivity contribution in [1.82, 2.24) is 4.98 Å². The number of rotatable bonds is 4. The van der Waals surface area contributed by atoms with E-state index in [-0.39, 0.29) is 11.3 Å². The predicted molar refractivity (Wildman–Crippen MR) is 72.0 cm³/mol. The van der Waals surface area contributed by atoms with Gasteiger partial charge in [-0.15, -0.1) is 0 Å². The van der Waals surface area contributed by atoms with E-state index in [0.29, 0.717) is 4.47 Å². The SMILES string of the molecule is O=C(O)c1cnc(Oc2cc(Br)ccc2F)c([N+](=O)[O-])c1. The van der Waals surface area contributed by atoms with Gasteiger partial charge >= 0.3 is 11.7 Å². The van der Waals surface area contributed by atoms with Crippen LogP contribution in [0.3, 0.4) is 0 Å². The highest BCUT2D eigenvalue weighted by Crippen LogP contribution is 2.32.